The summed E-state index contributed by atoms with van der Waals surface area (Å²) >= 11 is 0. The molecule has 1 saturated heterocycles. The molecule has 0 aliphatic carbocycles. The molecule has 0 radical (unpaired) electrons. The molecule has 1 atom stereocenters. The van der Waals surface area contributed by atoms with E-state index in [0.717, 1.165) is 12.2 Å². The molecular weight excluding hydrogens is 222 g/mol. The minimum atomic E-state index is -0.837. The molecule has 0 aromatic heterocycles. The highest BCUT2D eigenvalue weighted by Gasteiger charge is 2.32. The van der Waals surface area contributed by atoms with Crippen LogP contribution in [0.1, 0.15) is 12.8 Å². The van der Waals surface area contributed by atoms with Crippen molar-refractivity contribution in [1.82, 2.24) is 5.06 Å². The second kappa shape index (κ2) is 5.05. The summed E-state index contributed by atoms with van der Waals surface area (Å²) < 4.78 is 5.04. The standard InChI is InChI=1S/C12H15NO4/c1-16-9-4-6-10(7-5-9)17-13-8-2-3-11(13)12(14)15/h4-7,11H,2-3,8H2,1H3,(H,14,15)/t11-/m0/s1. The van der Waals surface area contributed by atoms with Crippen LogP contribution >= 0.6 is 0 Å². The average molecular weight is 237 g/mol. The molecule has 0 amide bonds. The number of carbonyl (C=O) groups is 1. The first-order valence-electron chi connectivity index (χ1n) is 5.52. The van der Waals surface area contributed by atoms with E-state index < -0.39 is 12.0 Å². The Morgan fingerprint density at radius 1 is 1.35 bits per heavy atom. The first-order chi connectivity index (χ1) is 8.20. The third-order valence-electron chi connectivity index (χ3n) is 2.77. The topological polar surface area (TPSA) is 59.0 Å². The maximum Gasteiger partial charge on any atom is 0.324 e. The van der Waals surface area contributed by atoms with Crippen molar-refractivity contribution in [1.29, 1.82) is 0 Å². The number of methoxy groups -OCH3 is 1. The molecule has 17 heavy (non-hydrogen) atoms. The molecular formula is C12H15NO4. The lowest BCUT2D eigenvalue weighted by Crippen LogP contribution is -2.38. The molecule has 0 spiro atoms. The highest BCUT2D eigenvalue weighted by Crippen LogP contribution is 2.23. The van der Waals surface area contributed by atoms with E-state index in [9.17, 15) is 4.79 Å². The molecule has 0 saturated carbocycles. The predicted octanol–water partition coefficient (Wildman–Crippen LogP) is 1.54. The van der Waals surface area contributed by atoms with E-state index >= 15 is 0 Å². The van der Waals surface area contributed by atoms with E-state index in [-0.39, 0.29) is 0 Å². The number of nitrogens with zero attached hydrogens (tertiary/aromatic N) is 1. The number of benzene rings is 1. The van der Waals surface area contributed by atoms with Crippen molar-refractivity contribution in [3.05, 3.63) is 24.3 Å². The molecule has 1 N–H and O–H groups in total. The zero-order valence-corrected chi connectivity index (χ0v) is 9.63. The van der Waals surface area contributed by atoms with Crippen molar-refractivity contribution in [2.75, 3.05) is 13.7 Å². The van der Waals surface area contributed by atoms with Gasteiger partial charge in [-0.05, 0) is 37.1 Å². The highest BCUT2D eigenvalue weighted by atomic mass is 16.7. The van der Waals surface area contributed by atoms with E-state index in [2.05, 4.69) is 0 Å². The summed E-state index contributed by atoms with van der Waals surface area (Å²) in [4.78, 5) is 16.5. The summed E-state index contributed by atoms with van der Waals surface area (Å²) in [6.45, 7) is 0.642. The van der Waals surface area contributed by atoms with Crippen molar-refractivity contribution >= 4 is 5.97 Å². The van der Waals surface area contributed by atoms with Crippen molar-refractivity contribution in [2.45, 2.75) is 18.9 Å². The first-order valence-corrected chi connectivity index (χ1v) is 5.52. The second-order valence-electron chi connectivity index (χ2n) is 3.90. The van der Waals surface area contributed by atoms with Crippen LogP contribution in [0.2, 0.25) is 0 Å². The fraction of sp³-hybridized carbons (Fsp3) is 0.417. The first kappa shape index (κ1) is 11.7. The van der Waals surface area contributed by atoms with Crippen LogP contribution in [0.25, 0.3) is 0 Å². The van der Waals surface area contributed by atoms with Crippen LogP contribution in [0.5, 0.6) is 11.5 Å². The maximum absolute atomic E-state index is 11.0. The van der Waals surface area contributed by atoms with Crippen molar-refractivity contribution in [2.24, 2.45) is 0 Å². The number of hydrogen-bond acceptors (Lipinski definition) is 4. The van der Waals surface area contributed by atoms with Gasteiger partial charge in [0, 0.05) is 6.54 Å². The summed E-state index contributed by atoms with van der Waals surface area (Å²) in [5, 5.41) is 10.5. The molecule has 5 heteroatoms. The van der Waals surface area contributed by atoms with E-state index in [0.29, 0.717) is 18.7 Å². The average Bonchev–Trinajstić information content (AvgIpc) is 2.78. The van der Waals surface area contributed by atoms with Crippen molar-refractivity contribution in [3.8, 4) is 11.5 Å². The van der Waals surface area contributed by atoms with Crippen LogP contribution in [0, 0.1) is 0 Å². The van der Waals surface area contributed by atoms with Crippen LogP contribution < -0.4 is 9.57 Å². The Morgan fingerprint density at radius 3 is 2.59 bits per heavy atom. The van der Waals surface area contributed by atoms with E-state index in [1.165, 1.54) is 5.06 Å². The van der Waals surface area contributed by atoms with Gasteiger partial charge in [-0.3, -0.25) is 4.79 Å². The van der Waals surface area contributed by atoms with Gasteiger partial charge in [-0.1, -0.05) is 0 Å². The van der Waals surface area contributed by atoms with Crippen LogP contribution in [-0.4, -0.2) is 35.8 Å². The quantitative estimate of drug-likeness (QED) is 0.860. The lowest BCUT2D eigenvalue weighted by molar-refractivity contribution is -0.154. The monoisotopic (exact) mass is 237 g/mol. The van der Waals surface area contributed by atoms with Gasteiger partial charge in [0.05, 0.1) is 7.11 Å². The van der Waals surface area contributed by atoms with Crippen LogP contribution in [0.4, 0.5) is 0 Å². The predicted molar refractivity (Wildman–Crippen MR) is 61.0 cm³/mol. The molecule has 1 heterocycles. The molecule has 1 aliphatic rings. The Kier molecular flexibility index (Phi) is 3.49. The molecule has 5 nitrogen and oxygen atoms in total. The van der Waals surface area contributed by atoms with Crippen molar-refractivity contribution < 1.29 is 19.5 Å². The van der Waals surface area contributed by atoms with Gasteiger partial charge in [0.25, 0.3) is 0 Å². The molecule has 2 rings (SSSR count). The molecule has 0 unspecified atom stereocenters. The molecule has 92 valence electrons. The minimum Gasteiger partial charge on any atom is -0.497 e. The Morgan fingerprint density at radius 2 is 2.00 bits per heavy atom. The SMILES string of the molecule is COc1ccc(ON2CCC[C@H]2C(=O)O)cc1. The number of hydrogen-bond donors (Lipinski definition) is 1. The van der Waals surface area contributed by atoms with Crippen LogP contribution in [-0.2, 0) is 4.79 Å². The fourth-order valence-corrected chi connectivity index (χ4v) is 1.87. The number of hydroxylamine groups is 2. The highest BCUT2D eigenvalue weighted by molar-refractivity contribution is 5.73. The molecule has 1 aromatic carbocycles. The van der Waals surface area contributed by atoms with E-state index in [4.69, 9.17) is 14.7 Å². The van der Waals surface area contributed by atoms with Crippen LogP contribution in [0.15, 0.2) is 24.3 Å². The third kappa shape index (κ3) is 2.68. The summed E-state index contributed by atoms with van der Waals surface area (Å²) in [5.74, 6) is 0.531. The number of ether oxygens (including phenoxy) is 1. The summed E-state index contributed by atoms with van der Waals surface area (Å²) in [5.41, 5.74) is 0. The minimum absolute atomic E-state index is 0.544. The van der Waals surface area contributed by atoms with E-state index in [1.807, 2.05) is 0 Å². The molecule has 0 bridgehead atoms. The number of aliphatic carboxylic acids is 1. The van der Waals surface area contributed by atoms with Crippen molar-refractivity contribution in [3.63, 3.8) is 0 Å². The van der Waals surface area contributed by atoms with Gasteiger partial charge in [-0.25, -0.2) is 0 Å². The van der Waals surface area contributed by atoms with Gasteiger partial charge in [-0.15, -0.1) is 5.06 Å². The fourth-order valence-electron chi connectivity index (χ4n) is 1.87. The molecule has 1 aromatic rings. The summed E-state index contributed by atoms with van der Waals surface area (Å²) in [7, 11) is 1.59. The molecule has 1 fully saturated rings. The smallest absolute Gasteiger partial charge is 0.324 e. The molecule has 1 aliphatic heterocycles. The summed E-state index contributed by atoms with van der Waals surface area (Å²) in [6, 6.07) is 6.53. The summed E-state index contributed by atoms with van der Waals surface area (Å²) in [6.07, 6.45) is 1.47. The Labute approximate surface area is 99.5 Å². The van der Waals surface area contributed by atoms with Gasteiger partial charge in [-0.2, -0.15) is 0 Å². The van der Waals surface area contributed by atoms with Gasteiger partial charge in [0.15, 0.2) is 0 Å². The Hall–Kier alpha value is -1.75. The van der Waals surface area contributed by atoms with Gasteiger partial charge >= 0.3 is 5.97 Å². The maximum atomic E-state index is 11.0. The lowest BCUT2D eigenvalue weighted by atomic mass is 10.2. The van der Waals surface area contributed by atoms with Crippen LogP contribution in [0.3, 0.4) is 0 Å². The van der Waals surface area contributed by atoms with Gasteiger partial charge < -0.3 is 14.7 Å². The number of carboxylic acid groups (broad SMARTS) is 1. The van der Waals surface area contributed by atoms with Gasteiger partial charge in [0.1, 0.15) is 17.5 Å². The lowest BCUT2D eigenvalue weighted by Gasteiger charge is -2.21. The van der Waals surface area contributed by atoms with E-state index in [1.54, 1.807) is 31.4 Å². The normalized spacial score (nSPS) is 20.2. The number of rotatable bonds is 4. The zero-order chi connectivity index (χ0) is 12.3. The van der Waals surface area contributed by atoms with Gasteiger partial charge in [0.2, 0.25) is 0 Å². The number of carboxylic acids is 1. The zero-order valence-electron chi connectivity index (χ0n) is 9.63. The second-order valence-corrected chi connectivity index (χ2v) is 3.90. The Bertz CT molecular complexity index is 390. The largest absolute Gasteiger partial charge is 0.497 e. The third-order valence-corrected chi connectivity index (χ3v) is 2.77. The Balaban J connectivity index is 2.02.